The Kier molecular flexibility index (Phi) is 6.02. The van der Waals surface area contributed by atoms with Crippen LogP contribution in [0.25, 0.3) is 5.57 Å². The molecule has 2 unspecified atom stereocenters. The van der Waals surface area contributed by atoms with E-state index in [1.807, 2.05) is 11.0 Å². The Bertz CT molecular complexity index is 1100. The summed E-state index contributed by atoms with van der Waals surface area (Å²) in [6.45, 7) is 5.69. The highest BCUT2D eigenvalue weighted by Gasteiger charge is 2.43. The number of nitrogens with zero attached hydrogens (tertiary/aromatic N) is 3. The number of amides is 2. The number of piperidine rings is 1. The summed E-state index contributed by atoms with van der Waals surface area (Å²) in [5, 5.41) is 11.5. The molecule has 2 aliphatic rings. The molecular weight excluding hydrogens is 430 g/mol. The fourth-order valence-electron chi connectivity index (χ4n) is 4.65. The van der Waals surface area contributed by atoms with Crippen LogP contribution in [0.4, 0.5) is 5.69 Å². The van der Waals surface area contributed by atoms with Gasteiger partial charge in [0, 0.05) is 30.2 Å². The number of imide groups is 1. The van der Waals surface area contributed by atoms with E-state index in [0.29, 0.717) is 52.3 Å². The molecule has 0 N–H and O–H groups in total. The van der Waals surface area contributed by atoms with Crippen LogP contribution in [0.3, 0.4) is 0 Å². The van der Waals surface area contributed by atoms with E-state index in [2.05, 4.69) is 13.8 Å². The summed E-state index contributed by atoms with van der Waals surface area (Å²) in [7, 11) is 0. The number of hydrogen-bond acceptors (Lipinski definition) is 5. The molecule has 2 heterocycles. The van der Waals surface area contributed by atoms with Crippen molar-refractivity contribution in [3.8, 4) is 0 Å². The minimum absolute atomic E-state index is 0.0657. The molecule has 1 saturated heterocycles. The molecule has 0 spiro atoms. The van der Waals surface area contributed by atoms with Gasteiger partial charge >= 0.3 is 0 Å². The van der Waals surface area contributed by atoms with Crippen LogP contribution in [0.15, 0.2) is 54.2 Å². The summed E-state index contributed by atoms with van der Waals surface area (Å²) in [6.07, 6.45) is 1.06. The molecule has 32 heavy (non-hydrogen) atoms. The second-order valence-electron chi connectivity index (χ2n) is 8.67. The van der Waals surface area contributed by atoms with Crippen molar-refractivity contribution < 1.29 is 14.5 Å². The largest absolute Gasteiger partial charge is 0.366 e. The third kappa shape index (κ3) is 4.12. The summed E-state index contributed by atoms with van der Waals surface area (Å²) >= 11 is 6.28. The quantitative estimate of drug-likeness (QED) is 0.378. The lowest BCUT2D eigenvalue weighted by Crippen LogP contribution is -2.41. The van der Waals surface area contributed by atoms with Crippen LogP contribution in [0.5, 0.6) is 0 Å². The molecule has 2 amide bonds. The Balaban J connectivity index is 1.77. The standard InChI is InChI=1S/C24H24ClN3O4/c1-15-11-16(2)13-26(12-15)22-21(17-7-9-19(10-8-17)28(31)32)23(29)27(24(22)30)14-18-5-3-4-6-20(18)25/h3-10,15-16H,11-14H2,1-2H3. The van der Waals surface area contributed by atoms with Crippen LogP contribution in [0.1, 0.15) is 31.4 Å². The van der Waals surface area contributed by atoms with E-state index < -0.39 is 10.8 Å². The second kappa shape index (κ2) is 8.74. The number of carbonyl (C=O) groups is 2. The third-order valence-electron chi connectivity index (χ3n) is 5.98. The SMILES string of the molecule is CC1CC(C)CN(C2=C(c3ccc([N+](=O)[O-])cc3)C(=O)N(Cc3ccccc3Cl)C2=O)C1. The number of halogens is 1. The van der Waals surface area contributed by atoms with Gasteiger partial charge in [0.05, 0.1) is 17.0 Å². The number of rotatable bonds is 5. The van der Waals surface area contributed by atoms with E-state index in [-0.39, 0.29) is 18.1 Å². The Morgan fingerprint density at radius 2 is 1.62 bits per heavy atom. The summed E-state index contributed by atoms with van der Waals surface area (Å²) in [5.41, 5.74) is 1.77. The van der Waals surface area contributed by atoms with E-state index in [0.717, 1.165) is 6.42 Å². The maximum absolute atomic E-state index is 13.6. The van der Waals surface area contributed by atoms with Crippen molar-refractivity contribution in [1.82, 2.24) is 9.80 Å². The average molecular weight is 454 g/mol. The van der Waals surface area contributed by atoms with Crippen molar-refractivity contribution in [2.24, 2.45) is 11.8 Å². The van der Waals surface area contributed by atoms with Crippen molar-refractivity contribution in [3.63, 3.8) is 0 Å². The van der Waals surface area contributed by atoms with Crippen LogP contribution in [-0.2, 0) is 16.1 Å². The fraction of sp³-hybridized carbons (Fsp3) is 0.333. The number of non-ortho nitro benzene ring substituents is 1. The van der Waals surface area contributed by atoms with Gasteiger partial charge < -0.3 is 4.90 Å². The maximum atomic E-state index is 13.6. The smallest absolute Gasteiger partial charge is 0.278 e. The number of hydrogen-bond donors (Lipinski definition) is 0. The summed E-state index contributed by atoms with van der Waals surface area (Å²) in [6, 6.07) is 12.9. The molecule has 166 valence electrons. The molecule has 0 bridgehead atoms. The van der Waals surface area contributed by atoms with Gasteiger partial charge in [-0.3, -0.25) is 24.6 Å². The van der Waals surface area contributed by atoms with Gasteiger partial charge in [0.1, 0.15) is 5.70 Å². The van der Waals surface area contributed by atoms with Crippen LogP contribution in [0.2, 0.25) is 5.02 Å². The minimum atomic E-state index is -0.488. The van der Waals surface area contributed by atoms with Crippen LogP contribution in [0, 0.1) is 22.0 Å². The Labute approximate surface area is 191 Å². The predicted octanol–water partition coefficient (Wildman–Crippen LogP) is 4.51. The van der Waals surface area contributed by atoms with E-state index in [1.165, 1.54) is 29.2 Å². The summed E-state index contributed by atoms with van der Waals surface area (Å²) in [4.78, 5) is 40.9. The molecule has 2 aromatic carbocycles. The van der Waals surface area contributed by atoms with Crippen LogP contribution in [-0.4, -0.2) is 39.6 Å². The number of likely N-dealkylation sites (tertiary alicyclic amines) is 1. The van der Waals surface area contributed by atoms with Gasteiger partial charge in [0.2, 0.25) is 0 Å². The van der Waals surface area contributed by atoms with Gasteiger partial charge in [0.15, 0.2) is 0 Å². The molecule has 0 saturated carbocycles. The van der Waals surface area contributed by atoms with E-state index in [1.54, 1.807) is 18.2 Å². The van der Waals surface area contributed by atoms with Gasteiger partial charge in [-0.1, -0.05) is 43.6 Å². The van der Waals surface area contributed by atoms with Gasteiger partial charge in [-0.25, -0.2) is 0 Å². The first-order valence-electron chi connectivity index (χ1n) is 10.6. The number of carbonyl (C=O) groups excluding carboxylic acids is 2. The molecule has 7 nitrogen and oxygen atoms in total. The van der Waals surface area contributed by atoms with Crippen molar-refractivity contribution >= 4 is 34.7 Å². The number of benzene rings is 2. The molecule has 2 atom stereocenters. The zero-order chi connectivity index (χ0) is 23.0. The highest BCUT2D eigenvalue weighted by atomic mass is 35.5. The number of nitro groups is 1. The summed E-state index contributed by atoms with van der Waals surface area (Å²) in [5.74, 6) is -0.0102. The minimum Gasteiger partial charge on any atom is -0.366 e. The Morgan fingerprint density at radius 3 is 2.22 bits per heavy atom. The Morgan fingerprint density at radius 1 is 1.00 bits per heavy atom. The topological polar surface area (TPSA) is 83.8 Å². The molecule has 8 heteroatoms. The van der Waals surface area contributed by atoms with Gasteiger partial charge in [-0.15, -0.1) is 0 Å². The van der Waals surface area contributed by atoms with E-state index in [9.17, 15) is 19.7 Å². The first kappa shape index (κ1) is 22.0. The zero-order valence-corrected chi connectivity index (χ0v) is 18.7. The Hall–Kier alpha value is -3.19. The lowest BCUT2D eigenvalue weighted by molar-refractivity contribution is -0.384. The van der Waals surface area contributed by atoms with E-state index >= 15 is 0 Å². The third-order valence-corrected chi connectivity index (χ3v) is 6.35. The zero-order valence-electron chi connectivity index (χ0n) is 18.0. The number of nitro benzene ring substituents is 1. The molecule has 0 aliphatic carbocycles. The first-order valence-corrected chi connectivity index (χ1v) is 11.0. The van der Waals surface area contributed by atoms with Gasteiger partial charge in [0.25, 0.3) is 17.5 Å². The highest BCUT2D eigenvalue weighted by Crippen LogP contribution is 2.36. The van der Waals surface area contributed by atoms with Crippen molar-refractivity contribution in [1.29, 1.82) is 0 Å². The second-order valence-corrected chi connectivity index (χ2v) is 9.07. The lowest BCUT2D eigenvalue weighted by atomic mass is 9.91. The predicted molar refractivity (Wildman–Crippen MR) is 122 cm³/mol. The molecule has 2 aromatic rings. The van der Waals surface area contributed by atoms with Gasteiger partial charge in [-0.05, 0) is 47.6 Å². The molecule has 1 fully saturated rings. The monoisotopic (exact) mass is 453 g/mol. The van der Waals surface area contributed by atoms with Crippen molar-refractivity contribution in [3.05, 3.63) is 80.5 Å². The average Bonchev–Trinajstić information content (AvgIpc) is 2.99. The highest BCUT2D eigenvalue weighted by molar-refractivity contribution is 6.35. The van der Waals surface area contributed by atoms with Crippen molar-refractivity contribution in [2.75, 3.05) is 13.1 Å². The summed E-state index contributed by atoms with van der Waals surface area (Å²) < 4.78 is 0. The molecule has 4 rings (SSSR count). The first-order chi connectivity index (χ1) is 15.3. The fourth-order valence-corrected chi connectivity index (χ4v) is 4.85. The molecule has 0 radical (unpaired) electrons. The van der Waals surface area contributed by atoms with Gasteiger partial charge in [-0.2, -0.15) is 0 Å². The molecule has 0 aromatic heterocycles. The van der Waals surface area contributed by atoms with E-state index in [4.69, 9.17) is 11.6 Å². The van der Waals surface area contributed by atoms with Crippen LogP contribution < -0.4 is 0 Å². The maximum Gasteiger partial charge on any atom is 0.278 e. The molecular formula is C24H24ClN3O4. The van der Waals surface area contributed by atoms with Crippen molar-refractivity contribution in [2.45, 2.75) is 26.8 Å². The molecule has 2 aliphatic heterocycles. The van der Waals surface area contributed by atoms with Crippen LogP contribution >= 0.6 is 11.6 Å². The lowest BCUT2D eigenvalue weighted by Gasteiger charge is -2.37. The normalized spacial score (nSPS) is 21.5.